The van der Waals surface area contributed by atoms with Crippen molar-refractivity contribution < 1.29 is 103 Å². The maximum Gasteiger partial charge on any atom is 2.00 e. The molecule has 15 rings (SSSR count). The summed E-state index contributed by atoms with van der Waals surface area (Å²) < 4.78 is 12.9. The summed E-state index contributed by atoms with van der Waals surface area (Å²) >= 11 is 1.73. The van der Waals surface area contributed by atoms with Crippen molar-refractivity contribution in [2.45, 2.75) is 0 Å². The number of oxazole rings is 2. The van der Waals surface area contributed by atoms with E-state index in [0.29, 0.717) is 45.6 Å². The Labute approximate surface area is 546 Å². The summed E-state index contributed by atoms with van der Waals surface area (Å²) in [6.07, 6.45) is 20.9. The molecule has 11 aromatic heterocycles. The zero-order valence-corrected chi connectivity index (χ0v) is 56.2. The van der Waals surface area contributed by atoms with Crippen LogP contribution in [0.25, 0.3) is 110 Å². The van der Waals surface area contributed by atoms with E-state index >= 15 is 0 Å². The van der Waals surface area contributed by atoms with Crippen LogP contribution in [0.3, 0.4) is 0 Å². The molecular weight excluding hydrogens is 1270 g/mol. The molecule has 23 heteroatoms. The normalized spacial score (nSPS) is 10.1. The molecule has 0 bridgehead atoms. The Kier molecular flexibility index (Phi) is 24.4. The number of hydrogen-bond donors (Lipinski definition) is 3. The molecule has 17 nitrogen and oxygen atoms in total. The Morgan fingerprint density at radius 1 is 0.425 bits per heavy atom. The van der Waals surface area contributed by atoms with Gasteiger partial charge in [0.2, 0.25) is 17.3 Å². The minimum absolute atomic E-state index is 0. The zero-order chi connectivity index (χ0) is 56.2. The third kappa shape index (κ3) is 15.8. The van der Waals surface area contributed by atoms with Gasteiger partial charge in [-0.25, -0.2) is 4.98 Å². The van der Waals surface area contributed by atoms with E-state index in [1.165, 1.54) is 52.5 Å². The number of aromatic amines is 2. The Bertz CT molecular complexity index is 4640. The van der Waals surface area contributed by atoms with E-state index in [-0.39, 0.29) is 107 Å². The predicted molar refractivity (Wildman–Crippen MR) is 320 cm³/mol. The molecule has 0 unspecified atom stereocenters. The molecule has 0 fully saturated rings. The Morgan fingerprint density at radius 2 is 1.07 bits per heavy atom. The Hall–Kier alpha value is -9.29. The molecule has 15 aromatic rings. The second-order valence-corrected chi connectivity index (χ2v) is 18.9. The van der Waals surface area contributed by atoms with E-state index < -0.39 is 0 Å². The van der Waals surface area contributed by atoms with Crippen LogP contribution in [0.1, 0.15) is 0 Å². The number of nitrogens with one attached hydrogen (secondary N) is 2. The minimum Gasteiger partial charge on any atom is -0.872 e. The summed E-state index contributed by atoms with van der Waals surface area (Å²) in [5.41, 5.74) is 6.42. The monoisotopic (exact) mass is 1310 g/mol. The molecule has 4 aromatic carbocycles. The van der Waals surface area contributed by atoms with Gasteiger partial charge in [0.05, 0.1) is 33.4 Å². The van der Waals surface area contributed by atoms with Crippen molar-refractivity contribution in [1.82, 2.24) is 39.9 Å². The van der Waals surface area contributed by atoms with E-state index in [9.17, 15) is 25.5 Å². The Balaban J connectivity index is 0.000000173. The van der Waals surface area contributed by atoms with E-state index in [1.807, 2.05) is 109 Å². The first-order valence-electron chi connectivity index (χ1n) is 25.2. The van der Waals surface area contributed by atoms with Gasteiger partial charge in [-0.2, -0.15) is 9.97 Å². The van der Waals surface area contributed by atoms with Crippen molar-refractivity contribution in [3.8, 4) is 85.7 Å². The van der Waals surface area contributed by atoms with Crippen molar-refractivity contribution in [2.75, 3.05) is 0 Å². The molecule has 0 aliphatic carbocycles. The number of fused-ring (bicyclic) bond motifs is 6. The fourth-order valence-electron chi connectivity index (χ4n) is 8.61. The van der Waals surface area contributed by atoms with Crippen LogP contribution in [0.4, 0.5) is 0 Å². The number of benzene rings is 4. The number of pyridine rings is 8. The van der Waals surface area contributed by atoms with Crippen LogP contribution < -0.4 is 20.2 Å². The zero-order valence-electron chi connectivity index (χ0n) is 46.5. The van der Waals surface area contributed by atoms with Crippen LogP contribution >= 0.6 is 11.3 Å². The smallest absolute Gasteiger partial charge is 0.872 e. The molecule has 11 heterocycles. The van der Waals surface area contributed by atoms with E-state index in [1.54, 1.807) is 91.2 Å². The van der Waals surface area contributed by atoms with Gasteiger partial charge in [-0.15, -0.1) is 11.3 Å². The molecular formula is C64H44Be2N10O7SZn3+4. The van der Waals surface area contributed by atoms with E-state index in [0.717, 1.165) is 48.7 Å². The number of para-hydroxylation sites is 2. The van der Waals surface area contributed by atoms with Gasteiger partial charge in [0, 0.05) is 158 Å². The van der Waals surface area contributed by atoms with Gasteiger partial charge in [-0.05, 0) is 71.4 Å². The summed E-state index contributed by atoms with van der Waals surface area (Å²) in [4.78, 5) is 38.8. The van der Waals surface area contributed by atoms with Crippen LogP contribution in [0, 0.1) is 0 Å². The second-order valence-electron chi connectivity index (χ2n) is 17.8. The summed E-state index contributed by atoms with van der Waals surface area (Å²) in [6.45, 7) is 0. The predicted octanol–water partition coefficient (Wildman–Crippen LogP) is 11.1. The third-order valence-corrected chi connectivity index (χ3v) is 13.7. The van der Waals surface area contributed by atoms with Crippen molar-refractivity contribution in [2.24, 2.45) is 0 Å². The van der Waals surface area contributed by atoms with Crippen molar-refractivity contribution >= 4 is 84.4 Å². The van der Waals surface area contributed by atoms with Gasteiger partial charge in [0.15, 0.2) is 12.0 Å². The number of nitrogens with zero attached hydrogens (tertiary/aromatic N) is 8. The molecule has 0 atom stereocenters. The summed E-state index contributed by atoms with van der Waals surface area (Å²) in [5, 5.41) is 58.9. The molecule has 0 aliphatic rings. The molecule has 0 saturated carbocycles. The van der Waals surface area contributed by atoms with Gasteiger partial charge < -0.3 is 34.4 Å². The first-order valence-corrected chi connectivity index (χ1v) is 26.0. The second kappa shape index (κ2) is 31.7. The number of rotatable bonds is 5. The average Bonchev–Trinajstić information content (AvgIpc) is 2.07. The van der Waals surface area contributed by atoms with Crippen molar-refractivity contribution in [3.05, 3.63) is 238 Å². The standard InChI is InChI=1S/C16H10N2OS.2C14H10N2O.C12H8N2O2.C8H6N2O2.2Be.3Zn/c19-14-8-17-6-5-11(14)13-7-12-10-3-1-2-4-15(10)20-16(12)9-18-13;17-12-6-3-8-15-14(12)13-11-5-2-1-4-10(11)7-9-16-13;17-14-5-6-15-9-12(14)13-7-10-3-1-2-4-11(10)8-16-13;15-10-5-6-13-7-8(10)12-14-9-3-1-2-4-11(9)16-12;11-6-2-1-3-9-7(6)8-10-4-5-12-8;;;;;/h1-9,19H;1-9,17H;1-9H,(H,15,17);1-7H,(H,13,15);1-5,11H;;;;;/q;;;;;2*+2;;;. The van der Waals surface area contributed by atoms with Crippen molar-refractivity contribution in [1.29, 1.82) is 0 Å². The van der Waals surface area contributed by atoms with Crippen LogP contribution in [0.15, 0.2) is 247 Å². The van der Waals surface area contributed by atoms with Gasteiger partial charge in [0.1, 0.15) is 28.6 Å². The molecule has 0 spiro atoms. The van der Waals surface area contributed by atoms with E-state index in [2.05, 4.69) is 62.0 Å². The molecule has 0 amide bonds. The maximum atomic E-state index is 11.6. The third-order valence-electron chi connectivity index (χ3n) is 12.6. The minimum atomic E-state index is -0.149. The number of aromatic hydroxyl groups is 3. The largest absolute Gasteiger partial charge is 2.00 e. The van der Waals surface area contributed by atoms with Crippen molar-refractivity contribution in [3.63, 3.8) is 0 Å². The first kappa shape index (κ1) is 66.8. The van der Waals surface area contributed by atoms with Gasteiger partial charge in [-0.1, -0.05) is 102 Å². The fourth-order valence-corrected chi connectivity index (χ4v) is 9.66. The number of H-pyrrole nitrogens is 2. The first-order chi connectivity index (χ1) is 40.3. The summed E-state index contributed by atoms with van der Waals surface area (Å²) in [7, 11) is 0. The molecule has 0 saturated heterocycles. The van der Waals surface area contributed by atoms with Crippen LogP contribution in [0.2, 0.25) is 0 Å². The Morgan fingerprint density at radius 3 is 1.80 bits per heavy atom. The average molecular weight is 1310 g/mol. The van der Waals surface area contributed by atoms with Crippen LogP contribution in [-0.4, -0.2) is 75.4 Å². The quantitative estimate of drug-likeness (QED) is 0.135. The SMILES string of the molecule is Oc1cccnc1-c1nccc2ccccc12.Oc1ccncc1-c1cc2ccccc2cn1.Oc1cnccc1-c1cc2c(cn1)sc1ccccc12.[Be+2].[Be+2].[O-]c1cccnc1-c1[nH+]cco1.[O-]c1ccncc1-c1[nH+]c2ccccc2o1.[Zn].[Zn].[Zn]. The topological polar surface area (TPSA) is 264 Å². The van der Waals surface area contributed by atoms with Gasteiger partial charge >= 0.3 is 32.0 Å². The fraction of sp³-hybridized carbons (Fsp3) is 0. The molecule has 0 aliphatic heterocycles. The number of hydrogen-bond acceptors (Lipinski definition) is 16. The van der Waals surface area contributed by atoms with Crippen LogP contribution in [0.5, 0.6) is 28.7 Å². The summed E-state index contributed by atoms with van der Waals surface area (Å²) in [5.74, 6) is 1.08. The van der Waals surface area contributed by atoms with Crippen LogP contribution in [-0.2, 0) is 58.4 Å². The molecule has 5 N–H and O–H groups in total. The maximum absolute atomic E-state index is 11.6. The summed E-state index contributed by atoms with van der Waals surface area (Å²) in [6, 6.07) is 48.8. The van der Waals surface area contributed by atoms with Gasteiger partial charge in [-0.3, -0.25) is 34.9 Å². The number of aromatic nitrogens is 10. The van der Waals surface area contributed by atoms with Gasteiger partial charge in [0.25, 0.3) is 0 Å². The number of thiophene rings is 1. The molecule has 87 heavy (non-hydrogen) atoms. The van der Waals surface area contributed by atoms with E-state index in [4.69, 9.17) is 8.83 Å². The molecule has 404 valence electrons. The molecule has 0 radical (unpaired) electrons.